The first-order valence-electron chi connectivity index (χ1n) is 8.14. The summed E-state index contributed by atoms with van der Waals surface area (Å²) in [5.41, 5.74) is 0.589. The van der Waals surface area contributed by atoms with Crippen LogP contribution in [0.15, 0.2) is 24.3 Å². The van der Waals surface area contributed by atoms with Crippen LogP contribution in [-0.2, 0) is 4.79 Å². The van der Waals surface area contributed by atoms with Gasteiger partial charge in [-0.05, 0) is 44.3 Å². The van der Waals surface area contributed by atoms with Gasteiger partial charge in [-0.25, -0.2) is 0 Å². The second-order valence-electron chi connectivity index (χ2n) is 5.84. The summed E-state index contributed by atoms with van der Waals surface area (Å²) in [6, 6.07) is 6.29. The first kappa shape index (κ1) is 17.7. The van der Waals surface area contributed by atoms with Gasteiger partial charge in [0.2, 0.25) is 5.91 Å². The Morgan fingerprint density at radius 2 is 2.22 bits per heavy atom. The second-order valence-corrected chi connectivity index (χ2v) is 5.84. The minimum Gasteiger partial charge on any atom is -0.434 e. The molecule has 1 amide bonds. The Bertz CT molecular complexity index is 505. The number of ether oxygens (including phenoxy) is 1. The van der Waals surface area contributed by atoms with E-state index in [2.05, 4.69) is 15.4 Å². The normalized spacial score (nSPS) is 18.9. The molecule has 0 aliphatic carbocycles. The third-order valence-electron chi connectivity index (χ3n) is 4.20. The minimum atomic E-state index is -2.88. The van der Waals surface area contributed by atoms with Crippen LogP contribution in [0, 0.1) is 5.92 Å². The molecule has 2 unspecified atom stereocenters. The van der Waals surface area contributed by atoms with Crippen LogP contribution < -0.4 is 15.4 Å². The molecule has 0 aromatic heterocycles. The summed E-state index contributed by atoms with van der Waals surface area (Å²) in [5.74, 6) is 0.625. The van der Waals surface area contributed by atoms with Crippen LogP contribution in [-0.4, -0.2) is 25.6 Å². The number of alkyl halides is 2. The Balaban J connectivity index is 1.94. The van der Waals surface area contributed by atoms with Crippen molar-refractivity contribution in [3.63, 3.8) is 0 Å². The van der Waals surface area contributed by atoms with Crippen LogP contribution in [0.2, 0.25) is 0 Å². The van der Waals surface area contributed by atoms with Crippen molar-refractivity contribution < 1.29 is 18.3 Å². The number of rotatable bonds is 8. The van der Waals surface area contributed by atoms with E-state index in [1.54, 1.807) is 18.2 Å². The molecule has 0 saturated carbocycles. The second kappa shape index (κ2) is 8.82. The van der Waals surface area contributed by atoms with E-state index in [0.717, 1.165) is 25.9 Å². The maximum absolute atomic E-state index is 12.5. The molecule has 0 bridgehead atoms. The van der Waals surface area contributed by atoms with Gasteiger partial charge in [0.1, 0.15) is 5.75 Å². The number of nitrogens with one attached hydrogen (secondary N) is 2. The molecule has 1 aromatic rings. The predicted octanol–water partition coefficient (Wildman–Crippen LogP) is 3.25. The summed E-state index contributed by atoms with van der Waals surface area (Å²) in [6.45, 7) is 1.02. The number of para-hydroxylation sites is 1. The van der Waals surface area contributed by atoms with Crippen molar-refractivity contribution in [1.29, 1.82) is 0 Å². The molecule has 2 rings (SSSR count). The van der Waals surface area contributed by atoms with Gasteiger partial charge in [-0.2, -0.15) is 8.78 Å². The highest BCUT2D eigenvalue weighted by atomic mass is 19.3. The number of halogens is 2. The largest absolute Gasteiger partial charge is 0.434 e. The average molecular weight is 326 g/mol. The van der Waals surface area contributed by atoms with Gasteiger partial charge in [0, 0.05) is 12.0 Å². The lowest BCUT2D eigenvalue weighted by Gasteiger charge is -2.21. The van der Waals surface area contributed by atoms with Gasteiger partial charge in [-0.1, -0.05) is 25.1 Å². The maximum Gasteiger partial charge on any atom is 0.387 e. The number of carbonyl (C=O) groups excluding carboxylic acids is 1. The third-order valence-corrected chi connectivity index (χ3v) is 4.20. The third kappa shape index (κ3) is 5.46. The average Bonchev–Trinajstić information content (AvgIpc) is 3.04. The minimum absolute atomic E-state index is 0.0457. The number of amides is 1. The molecule has 1 aromatic carbocycles. The van der Waals surface area contributed by atoms with Gasteiger partial charge >= 0.3 is 6.61 Å². The molecule has 1 fully saturated rings. The lowest BCUT2D eigenvalue weighted by atomic mass is 10.0. The zero-order chi connectivity index (χ0) is 16.7. The standard InChI is InChI=1S/C17H24F2N2O2/c1-2-14(13-5-3-4-6-15(13)23-17(18)19)21-16(22)8-7-12-9-10-20-11-12/h3-6,12,14,17,20H,2,7-11H2,1H3,(H,21,22). The number of hydrogen-bond donors (Lipinski definition) is 2. The molecule has 128 valence electrons. The monoisotopic (exact) mass is 326 g/mol. The molecule has 1 aliphatic rings. The molecule has 0 spiro atoms. The fourth-order valence-electron chi connectivity index (χ4n) is 2.93. The highest BCUT2D eigenvalue weighted by molar-refractivity contribution is 5.76. The molecular weight excluding hydrogens is 302 g/mol. The quantitative estimate of drug-likeness (QED) is 0.771. The van der Waals surface area contributed by atoms with E-state index in [1.165, 1.54) is 6.07 Å². The zero-order valence-electron chi connectivity index (χ0n) is 13.4. The van der Waals surface area contributed by atoms with Gasteiger partial charge in [-0.15, -0.1) is 0 Å². The molecule has 1 saturated heterocycles. The highest BCUT2D eigenvalue weighted by Gasteiger charge is 2.20. The van der Waals surface area contributed by atoms with Crippen molar-refractivity contribution in [2.75, 3.05) is 13.1 Å². The van der Waals surface area contributed by atoms with Crippen molar-refractivity contribution >= 4 is 5.91 Å². The van der Waals surface area contributed by atoms with E-state index < -0.39 is 6.61 Å². The molecule has 2 N–H and O–H groups in total. The van der Waals surface area contributed by atoms with Crippen molar-refractivity contribution in [2.45, 2.75) is 45.3 Å². The Labute approximate surface area is 135 Å². The summed E-state index contributed by atoms with van der Waals surface area (Å²) < 4.78 is 29.6. The fourth-order valence-corrected chi connectivity index (χ4v) is 2.93. The summed E-state index contributed by atoms with van der Waals surface area (Å²) in [5, 5.41) is 6.22. The van der Waals surface area contributed by atoms with E-state index in [1.807, 2.05) is 6.92 Å². The first-order chi connectivity index (χ1) is 11.1. The van der Waals surface area contributed by atoms with E-state index >= 15 is 0 Å². The maximum atomic E-state index is 12.5. The Morgan fingerprint density at radius 1 is 1.43 bits per heavy atom. The highest BCUT2D eigenvalue weighted by Crippen LogP contribution is 2.28. The number of benzene rings is 1. The van der Waals surface area contributed by atoms with E-state index in [-0.39, 0.29) is 17.7 Å². The predicted molar refractivity (Wildman–Crippen MR) is 84.5 cm³/mol. The van der Waals surface area contributed by atoms with Crippen molar-refractivity contribution in [3.8, 4) is 5.75 Å². The molecule has 1 aliphatic heterocycles. The van der Waals surface area contributed by atoms with E-state index in [0.29, 0.717) is 24.3 Å². The summed E-state index contributed by atoms with van der Waals surface area (Å²) >= 11 is 0. The van der Waals surface area contributed by atoms with Gasteiger partial charge in [0.15, 0.2) is 0 Å². The Morgan fingerprint density at radius 3 is 2.87 bits per heavy atom. The van der Waals surface area contributed by atoms with Crippen LogP contribution in [0.4, 0.5) is 8.78 Å². The van der Waals surface area contributed by atoms with Crippen molar-refractivity contribution in [2.24, 2.45) is 5.92 Å². The molecule has 4 nitrogen and oxygen atoms in total. The van der Waals surface area contributed by atoms with Crippen LogP contribution in [0.1, 0.15) is 44.2 Å². The zero-order valence-corrected chi connectivity index (χ0v) is 13.4. The Hall–Kier alpha value is -1.69. The molecule has 1 heterocycles. The molecule has 0 radical (unpaired) electrons. The Kier molecular flexibility index (Phi) is 6.77. The topological polar surface area (TPSA) is 50.4 Å². The molecule has 6 heteroatoms. The van der Waals surface area contributed by atoms with Crippen molar-refractivity contribution in [1.82, 2.24) is 10.6 Å². The van der Waals surface area contributed by atoms with Gasteiger partial charge < -0.3 is 15.4 Å². The van der Waals surface area contributed by atoms with Crippen LogP contribution in [0.25, 0.3) is 0 Å². The first-order valence-corrected chi connectivity index (χ1v) is 8.14. The van der Waals surface area contributed by atoms with E-state index in [9.17, 15) is 13.6 Å². The number of hydrogen-bond acceptors (Lipinski definition) is 3. The lowest BCUT2D eigenvalue weighted by Crippen LogP contribution is -2.29. The van der Waals surface area contributed by atoms with Crippen LogP contribution in [0.5, 0.6) is 5.75 Å². The fraction of sp³-hybridized carbons (Fsp3) is 0.588. The molecular formula is C17H24F2N2O2. The lowest BCUT2D eigenvalue weighted by molar-refractivity contribution is -0.122. The smallest absolute Gasteiger partial charge is 0.387 e. The molecule has 23 heavy (non-hydrogen) atoms. The summed E-state index contributed by atoms with van der Waals surface area (Å²) in [6.07, 6.45) is 3.03. The summed E-state index contributed by atoms with van der Waals surface area (Å²) in [4.78, 5) is 12.2. The van der Waals surface area contributed by atoms with E-state index in [4.69, 9.17) is 0 Å². The summed E-state index contributed by atoms with van der Waals surface area (Å²) in [7, 11) is 0. The van der Waals surface area contributed by atoms with Gasteiger partial charge in [0.05, 0.1) is 6.04 Å². The van der Waals surface area contributed by atoms with Gasteiger partial charge in [-0.3, -0.25) is 4.79 Å². The SMILES string of the molecule is CCC(NC(=O)CCC1CCNC1)c1ccccc1OC(F)F. The van der Waals surface area contributed by atoms with Crippen LogP contribution in [0.3, 0.4) is 0 Å². The molecule has 2 atom stereocenters. The van der Waals surface area contributed by atoms with Crippen LogP contribution >= 0.6 is 0 Å². The number of carbonyl (C=O) groups is 1. The van der Waals surface area contributed by atoms with Crippen molar-refractivity contribution in [3.05, 3.63) is 29.8 Å². The van der Waals surface area contributed by atoms with Gasteiger partial charge in [0.25, 0.3) is 0 Å².